The van der Waals surface area contributed by atoms with Gasteiger partial charge in [0.1, 0.15) is 4.88 Å². The van der Waals surface area contributed by atoms with Gasteiger partial charge in [-0.3, -0.25) is 0 Å². The monoisotopic (exact) mass is 307 g/mol. The average Bonchev–Trinajstić information content (AvgIpc) is 2.90. The fourth-order valence-electron chi connectivity index (χ4n) is 1.79. The van der Waals surface area contributed by atoms with Gasteiger partial charge < -0.3 is 10.1 Å². The smallest absolute Gasteiger partial charge is 0.348 e. The number of carbonyl (C=O) groups excluding carboxylic acids is 1. The second kappa shape index (κ2) is 6.81. The van der Waals surface area contributed by atoms with E-state index < -0.39 is 0 Å². The van der Waals surface area contributed by atoms with Crippen molar-refractivity contribution in [2.24, 2.45) is 0 Å². The van der Waals surface area contributed by atoms with Crippen LogP contribution in [0.4, 0.5) is 11.4 Å². The highest BCUT2D eigenvalue weighted by Crippen LogP contribution is 2.36. The number of ether oxygens (including phenoxy) is 1. The number of hydrogen-bond donors (Lipinski definition) is 1. The Morgan fingerprint density at radius 2 is 2.05 bits per heavy atom. The highest BCUT2D eigenvalue weighted by Gasteiger charge is 2.14. The zero-order chi connectivity index (χ0) is 14.5. The van der Waals surface area contributed by atoms with E-state index in [1.807, 2.05) is 12.3 Å². The molecule has 1 N–H and O–H groups in total. The molecular weight excluding hydrogens is 290 g/mol. The molecule has 0 radical (unpaired) electrons. The predicted octanol–water partition coefficient (Wildman–Crippen LogP) is 4.56. The third-order valence-electron chi connectivity index (χ3n) is 2.91. The van der Waals surface area contributed by atoms with Gasteiger partial charge in [-0.1, -0.05) is 19.1 Å². The topological polar surface area (TPSA) is 38.3 Å². The number of benzene rings is 1. The van der Waals surface area contributed by atoms with E-state index >= 15 is 0 Å². The molecule has 0 saturated carbocycles. The fourth-order valence-corrected chi connectivity index (χ4v) is 3.49. The predicted molar refractivity (Wildman–Crippen MR) is 86.5 cm³/mol. The molecule has 106 valence electrons. The molecular formula is C15H17NO2S2. The van der Waals surface area contributed by atoms with E-state index in [-0.39, 0.29) is 5.97 Å². The number of esters is 1. The number of hydrogen-bond acceptors (Lipinski definition) is 5. The number of thiophene rings is 1. The van der Waals surface area contributed by atoms with Crippen LogP contribution in [0.3, 0.4) is 0 Å². The van der Waals surface area contributed by atoms with Crippen molar-refractivity contribution < 1.29 is 9.53 Å². The van der Waals surface area contributed by atoms with Crippen LogP contribution in [0.2, 0.25) is 0 Å². The Bertz CT molecular complexity index is 590. The van der Waals surface area contributed by atoms with Gasteiger partial charge in [0.2, 0.25) is 0 Å². The SMILES string of the molecule is CCc1ccc(Nc2cc(C(=O)OC)sc2SC)cc1. The van der Waals surface area contributed by atoms with Crippen molar-refractivity contribution >= 4 is 40.4 Å². The number of methoxy groups -OCH3 is 1. The third-order valence-corrected chi connectivity index (χ3v) is 5.16. The molecule has 5 heteroatoms. The Kier molecular flexibility index (Phi) is 5.09. The first-order valence-electron chi connectivity index (χ1n) is 6.30. The first kappa shape index (κ1) is 14.9. The van der Waals surface area contributed by atoms with Gasteiger partial charge in [0, 0.05) is 5.69 Å². The number of nitrogens with one attached hydrogen (secondary N) is 1. The summed E-state index contributed by atoms with van der Waals surface area (Å²) in [5.41, 5.74) is 3.28. The molecule has 1 heterocycles. The quantitative estimate of drug-likeness (QED) is 0.649. The molecule has 1 aromatic heterocycles. The Morgan fingerprint density at radius 1 is 1.35 bits per heavy atom. The second-order valence-electron chi connectivity index (χ2n) is 4.18. The van der Waals surface area contributed by atoms with E-state index in [1.165, 1.54) is 24.0 Å². The van der Waals surface area contributed by atoms with Crippen molar-refractivity contribution in [3.05, 3.63) is 40.8 Å². The molecule has 0 aliphatic carbocycles. The van der Waals surface area contributed by atoms with Gasteiger partial charge in [0.25, 0.3) is 0 Å². The summed E-state index contributed by atoms with van der Waals surface area (Å²) >= 11 is 3.06. The van der Waals surface area contributed by atoms with Crippen LogP contribution in [0.25, 0.3) is 0 Å². The maximum Gasteiger partial charge on any atom is 0.348 e. The van der Waals surface area contributed by atoms with Crippen LogP contribution < -0.4 is 5.32 Å². The first-order chi connectivity index (χ1) is 9.67. The number of rotatable bonds is 5. The molecule has 2 rings (SSSR count). The van der Waals surface area contributed by atoms with Crippen molar-refractivity contribution in [3.63, 3.8) is 0 Å². The van der Waals surface area contributed by atoms with Crippen molar-refractivity contribution in [1.29, 1.82) is 0 Å². The Labute approximate surface area is 127 Å². The Hall–Kier alpha value is -1.46. The zero-order valence-corrected chi connectivity index (χ0v) is 13.4. The molecule has 0 saturated heterocycles. The summed E-state index contributed by atoms with van der Waals surface area (Å²) in [6.45, 7) is 2.13. The van der Waals surface area contributed by atoms with Crippen LogP contribution in [0.15, 0.2) is 34.5 Å². The summed E-state index contributed by atoms with van der Waals surface area (Å²) in [6, 6.07) is 10.2. The summed E-state index contributed by atoms with van der Waals surface area (Å²) in [7, 11) is 1.40. The lowest BCUT2D eigenvalue weighted by Gasteiger charge is -2.06. The molecule has 0 atom stereocenters. The summed E-state index contributed by atoms with van der Waals surface area (Å²) in [5.74, 6) is -0.292. The maximum absolute atomic E-state index is 11.6. The lowest BCUT2D eigenvalue weighted by molar-refractivity contribution is 0.0606. The van der Waals surface area contributed by atoms with Gasteiger partial charge in [-0.05, 0) is 36.4 Å². The van der Waals surface area contributed by atoms with Gasteiger partial charge in [-0.2, -0.15) is 0 Å². The summed E-state index contributed by atoms with van der Waals surface area (Å²) in [5, 5.41) is 3.36. The summed E-state index contributed by atoms with van der Waals surface area (Å²) in [6.07, 6.45) is 3.03. The van der Waals surface area contributed by atoms with Gasteiger partial charge in [-0.15, -0.1) is 23.1 Å². The normalized spacial score (nSPS) is 10.3. The van der Waals surface area contributed by atoms with Crippen LogP contribution >= 0.6 is 23.1 Å². The number of thioether (sulfide) groups is 1. The summed E-state index contributed by atoms with van der Waals surface area (Å²) in [4.78, 5) is 12.2. The van der Waals surface area contributed by atoms with Crippen molar-refractivity contribution in [2.45, 2.75) is 17.6 Å². The minimum Gasteiger partial charge on any atom is -0.465 e. The molecule has 0 bridgehead atoms. The van der Waals surface area contributed by atoms with E-state index in [0.717, 1.165) is 22.0 Å². The van der Waals surface area contributed by atoms with Crippen molar-refractivity contribution in [1.82, 2.24) is 0 Å². The van der Waals surface area contributed by atoms with Crippen LogP contribution in [0, 0.1) is 0 Å². The number of aryl methyl sites for hydroxylation is 1. The van der Waals surface area contributed by atoms with E-state index in [1.54, 1.807) is 11.8 Å². The fraction of sp³-hybridized carbons (Fsp3) is 0.267. The molecule has 1 aromatic carbocycles. The van der Waals surface area contributed by atoms with E-state index in [2.05, 4.69) is 36.5 Å². The number of carbonyl (C=O) groups is 1. The van der Waals surface area contributed by atoms with Crippen LogP contribution in [-0.2, 0) is 11.2 Å². The average molecular weight is 307 g/mol. The molecule has 3 nitrogen and oxygen atoms in total. The molecule has 0 spiro atoms. The van der Waals surface area contributed by atoms with Crippen LogP contribution in [-0.4, -0.2) is 19.3 Å². The molecule has 20 heavy (non-hydrogen) atoms. The molecule has 0 aliphatic heterocycles. The van der Waals surface area contributed by atoms with Gasteiger partial charge in [0.15, 0.2) is 0 Å². The number of anilines is 2. The van der Waals surface area contributed by atoms with Gasteiger partial charge >= 0.3 is 5.97 Å². The minimum atomic E-state index is -0.292. The Balaban J connectivity index is 2.22. The maximum atomic E-state index is 11.6. The second-order valence-corrected chi connectivity index (χ2v) is 6.31. The molecule has 2 aromatic rings. The van der Waals surface area contributed by atoms with E-state index in [0.29, 0.717) is 4.88 Å². The third kappa shape index (κ3) is 3.35. The highest BCUT2D eigenvalue weighted by molar-refractivity contribution is 8.00. The minimum absolute atomic E-state index is 0.292. The van der Waals surface area contributed by atoms with Gasteiger partial charge in [0.05, 0.1) is 17.0 Å². The molecule has 0 aliphatic rings. The van der Waals surface area contributed by atoms with E-state index in [4.69, 9.17) is 4.74 Å². The highest BCUT2D eigenvalue weighted by atomic mass is 32.2. The largest absolute Gasteiger partial charge is 0.465 e. The molecule has 0 fully saturated rings. The first-order valence-corrected chi connectivity index (χ1v) is 8.34. The zero-order valence-electron chi connectivity index (χ0n) is 11.7. The molecule has 0 amide bonds. The van der Waals surface area contributed by atoms with Crippen molar-refractivity contribution in [3.8, 4) is 0 Å². The van der Waals surface area contributed by atoms with Crippen molar-refractivity contribution in [2.75, 3.05) is 18.7 Å². The molecule has 0 unspecified atom stereocenters. The lowest BCUT2D eigenvalue weighted by atomic mass is 10.1. The van der Waals surface area contributed by atoms with Gasteiger partial charge in [-0.25, -0.2) is 4.79 Å². The van der Waals surface area contributed by atoms with Crippen LogP contribution in [0.5, 0.6) is 0 Å². The Morgan fingerprint density at radius 3 is 2.60 bits per heavy atom. The van der Waals surface area contributed by atoms with Crippen LogP contribution in [0.1, 0.15) is 22.2 Å². The summed E-state index contributed by atoms with van der Waals surface area (Å²) < 4.78 is 5.84. The van der Waals surface area contributed by atoms with E-state index in [9.17, 15) is 4.79 Å². The standard InChI is InChI=1S/C15H17NO2S2/c1-4-10-5-7-11(8-6-10)16-12-9-13(14(17)18-2)20-15(12)19-3/h5-9,16H,4H2,1-3H3. The lowest BCUT2D eigenvalue weighted by Crippen LogP contribution is -1.97.